The highest BCUT2D eigenvalue weighted by Crippen LogP contribution is 2.41. The quantitative estimate of drug-likeness (QED) is 0.525. The first-order chi connectivity index (χ1) is 14.9. The highest BCUT2D eigenvalue weighted by Gasteiger charge is 2.37. The van der Waals surface area contributed by atoms with Gasteiger partial charge in [0.15, 0.2) is 0 Å². The van der Waals surface area contributed by atoms with Crippen LogP contribution in [0.15, 0.2) is 36.4 Å². The second-order valence-electron chi connectivity index (χ2n) is 7.31. The molecule has 1 N–H and O–H groups in total. The fourth-order valence-electron chi connectivity index (χ4n) is 3.55. The molecule has 1 aliphatic heterocycles. The SMILES string of the molecule is C[C@@H]1CC(=O)Nc2ccccc2N1C(=O)CN(C)c1cc(Cl)c(C(F)(F)F)cc1[N+](=O)[O-]. The highest BCUT2D eigenvalue weighted by atomic mass is 35.5. The number of anilines is 3. The second-order valence-corrected chi connectivity index (χ2v) is 7.72. The summed E-state index contributed by atoms with van der Waals surface area (Å²) in [5.74, 6) is -0.784. The summed E-state index contributed by atoms with van der Waals surface area (Å²) >= 11 is 5.74. The Morgan fingerprint density at radius 2 is 2.00 bits per heavy atom. The zero-order valence-electron chi connectivity index (χ0n) is 16.9. The molecule has 2 aromatic carbocycles. The lowest BCUT2D eigenvalue weighted by Crippen LogP contribution is -2.44. The van der Waals surface area contributed by atoms with Gasteiger partial charge in [0, 0.05) is 25.6 Å². The Bertz CT molecular complexity index is 1090. The lowest BCUT2D eigenvalue weighted by atomic mass is 10.1. The Hall–Kier alpha value is -3.34. The Labute approximate surface area is 185 Å². The number of hydrogen-bond acceptors (Lipinski definition) is 5. The molecule has 3 rings (SSSR count). The first-order valence-electron chi connectivity index (χ1n) is 9.37. The third kappa shape index (κ3) is 4.62. The van der Waals surface area contributed by atoms with Crippen molar-refractivity contribution < 1.29 is 27.7 Å². The Balaban J connectivity index is 1.96. The molecular weight excluding hydrogens is 453 g/mol. The summed E-state index contributed by atoms with van der Waals surface area (Å²) in [4.78, 5) is 38.3. The van der Waals surface area contributed by atoms with Gasteiger partial charge in [-0.15, -0.1) is 0 Å². The van der Waals surface area contributed by atoms with Gasteiger partial charge in [-0.1, -0.05) is 23.7 Å². The van der Waals surface area contributed by atoms with Crippen LogP contribution in [0.5, 0.6) is 0 Å². The van der Waals surface area contributed by atoms with Crippen LogP contribution in [0.1, 0.15) is 18.9 Å². The lowest BCUT2D eigenvalue weighted by molar-refractivity contribution is -0.384. The molecule has 0 saturated carbocycles. The van der Waals surface area contributed by atoms with Gasteiger partial charge >= 0.3 is 6.18 Å². The molecule has 8 nitrogen and oxygen atoms in total. The van der Waals surface area contributed by atoms with Gasteiger partial charge in [-0.25, -0.2) is 0 Å². The van der Waals surface area contributed by atoms with E-state index in [1.165, 1.54) is 11.9 Å². The molecule has 2 aromatic rings. The predicted octanol–water partition coefficient (Wildman–Crippen LogP) is 4.47. The van der Waals surface area contributed by atoms with Crippen molar-refractivity contribution >= 4 is 46.2 Å². The molecule has 0 spiro atoms. The van der Waals surface area contributed by atoms with E-state index >= 15 is 0 Å². The van der Waals surface area contributed by atoms with E-state index in [0.29, 0.717) is 17.4 Å². The third-order valence-corrected chi connectivity index (χ3v) is 5.29. The number of nitro benzene ring substituents is 1. The number of rotatable bonds is 4. The van der Waals surface area contributed by atoms with Crippen LogP contribution in [0.2, 0.25) is 5.02 Å². The first-order valence-corrected chi connectivity index (χ1v) is 9.75. The van der Waals surface area contributed by atoms with E-state index in [1.807, 2.05) is 0 Å². The number of hydrogen-bond donors (Lipinski definition) is 1. The summed E-state index contributed by atoms with van der Waals surface area (Å²) in [5, 5.41) is 13.4. The van der Waals surface area contributed by atoms with Gasteiger partial charge < -0.3 is 15.1 Å². The van der Waals surface area contributed by atoms with Crippen molar-refractivity contribution in [1.29, 1.82) is 0 Å². The lowest BCUT2D eigenvalue weighted by Gasteiger charge is -2.30. The van der Waals surface area contributed by atoms with Gasteiger partial charge in [-0.2, -0.15) is 13.2 Å². The maximum absolute atomic E-state index is 13.2. The number of benzene rings is 2. The standard InChI is InChI=1S/C20H18ClF3N4O4/c1-11-7-18(29)25-14-5-3-4-6-15(14)27(11)19(30)10-26(2)16-9-13(21)12(20(22,23)24)8-17(16)28(31)32/h3-6,8-9,11H,7,10H2,1-2H3,(H,25,29)/t11-/m1/s1. The van der Waals surface area contributed by atoms with Crippen LogP contribution in [0, 0.1) is 10.1 Å². The number of carbonyl (C=O) groups excluding carboxylic acids is 2. The van der Waals surface area contributed by atoms with Gasteiger partial charge in [0.05, 0.1) is 33.4 Å². The number of fused-ring (bicyclic) bond motifs is 1. The summed E-state index contributed by atoms with van der Waals surface area (Å²) in [5.41, 5.74) is -1.54. The number of alkyl halides is 3. The molecule has 0 radical (unpaired) electrons. The van der Waals surface area contributed by atoms with E-state index < -0.39 is 45.9 Å². The van der Waals surface area contributed by atoms with Crippen molar-refractivity contribution in [3.63, 3.8) is 0 Å². The van der Waals surface area contributed by atoms with Crippen molar-refractivity contribution in [1.82, 2.24) is 0 Å². The molecular formula is C20H18ClF3N4O4. The van der Waals surface area contributed by atoms with E-state index in [4.69, 9.17) is 11.6 Å². The number of halogens is 4. The molecule has 170 valence electrons. The minimum absolute atomic E-state index is 0.0242. The molecule has 0 unspecified atom stereocenters. The molecule has 0 aromatic heterocycles. The van der Waals surface area contributed by atoms with Gasteiger partial charge in [-0.3, -0.25) is 19.7 Å². The minimum Gasteiger partial charge on any atom is -0.360 e. The molecule has 0 aliphatic carbocycles. The third-order valence-electron chi connectivity index (χ3n) is 4.98. The largest absolute Gasteiger partial charge is 0.418 e. The number of amides is 2. The molecule has 32 heavy (non-hydrogen) atoms. The van der Waals surface area contributed by atoms with Crippen LogP contribution in [-0.2, 0) is 15.8 Å². The zero-order valence-corrected chi connectivity index (χ0v) is 17.7. The maximum Gasteiger partial charge on any atom is 0.418 e. The number of para-hydroxylation sites is 2. The predicted molar refractivity (Wildman–Crippen MR) is 113 cm³/mol. The van der Waals surface area contributed by atoms with Gasteiger partial charge in [0.1, 0.15) is 5.69 Å². The van der Waals surface area contributed by atoms with Crippen LogP contribution in [0.4, 0.5) is 35.9 Å². The number of likely N-dealkylation sites (N-methyl/N-ethyl adjacent to an activating group) is 1. The van der Waals surface area contributed by atoms with Crippen molar-refractivity contribution in [2.75, 3.05) is 28.7 Å². The smallest absolute Gasteiger partial charge is 0.360 e. The van der Waals surface area contributed by atoms with E-state index in [-0.39, 0.29) is 18.0 Å². The summed E-state index contributed by atoms with van der Waals surface area (Å²) in [6, 6.07) is 7.31. The first kappa shape index (κ1) is 23.3. The summed E-state index contributed by atoms with van der Waals surface area (Å²) in [6.45, 7) is 1.27. The molecule has 1 aliphatic rings. The minimum atomic E-state index is -4.88. The van der Waals surface area contributed by atoms with Crippen LogP contribution in [0.25, 0.3) is 0 Å². The molecule has 0 saturated heterocycles. The summed E-state index contributed by atoms with van der Waals surface area (Å²) in [7, 11) is 1.33. The van der Waals surface area contributed by atoms with Crippen LogP contribution >= 0.6 is 11.6 Å². The van der Waals surface area contributed by atoms with Gasteiger partial charge in [-0.05, 0) is 25.1 Å². The van der Waals surface area contributed by atoms with E-state index in [0.717, 1.165) is 11.0 Å². The topological polar surface area (TPSA) is 95.8 Å². The Kier molecular flexibility index (Phi) is 6.31. The normalized spacial score (nSPS) is 16.1. The van der Waals surface area contributed by atoms with Crippen molar-refractivity contribution in [3.8, 4) is 0 Å². The van der Waals surface area contributed by atoms with E-state index in [2.05, 4.69) is 5.32 Å². The monoisotopic (exact) mass is 470 g/mol. The Morgan fingerprint density at radius 3 is 2.62 bits per heavy atom. The Morgan fingerprint density at radius 1 is 1.34 bits per heavy atom. The summed E-state index contributed by atoms with van der Waals surface area (Å²) < 4.78 is 39.4. The van der Waals surface area contributed by atoms with Gasteiger partial charge in [0.2, 0.25) is 11.8 Å². The second kappa shape index (κ2) is 8.65. The zero-order chi connectivity index (χ0) is 23.8. The van der Waals surface area contributed by atoms with Crippen molar-refractivity contribution in [2.45, 2.75) is 25.6 Å². The molecule has 0 fully saturated rings. The number of nitrogens with one attached hydrogen (secondary N) is 1. The van der Waals surface area contributed by atoms with Crippen LogP contribution < -0.4 is 15.1 Å². The number of nitro groups is 1. The highest BCUT2D eigenvalue weighted by molar-refractivity contribution is 6.32. The van der Waals surface area contributed by atoms with Crippen LogP contribution in [-0.4, -0.2) is 36.4 Å². The van der Waals surface area contributed by atoms with Crippen molar-refractivity contribution in [3.05, 3.63) is 57.1 Å². The van der Waals surface area contributed by atoms with Gasteiger partial charge in [0.25, 0.3) is 5.69 Å². The van der Waals surface area contributed by atoms with Crippen LogP contribution in [0.3, 0.4) is 0 Å². The fraction of sp³-hybridized carbons (Fsp3) is 0.300. The fourth-order valence-corrected chi connectivity index (χ4v) is 3.82. The van der Waals surface area contributed by atoms with E-state index in [1.54, 1.807) is 31.2 Å². The van der Waals surface area contributed by atoms with E-state index in [9.17, 15) is 32.9 Å². The molecule has 0 bridgehead atoms. The maximum atomic E-state index is 13.2. The molecule has 1 atom stereocenters. The number of nitrogens with zero attached hydrogens (tertiary/aromatic N) is 3. The molecule has 2 amide bonds. The summed E-state index contributed by atoms with van der Waals surface area (Å²) in [6.07, 6.45) is -4.85. The molecule has 1 heterocycles. The average molecular weight is 471 g/mol. The average Bonchev–Trinajstić information content (AvgIpc) is 2.80. The molecule has 12 heteroatoms. The van der Waals surface area contributed by atoms with Crippen molar-refractivity contribution in [2.24, 2.45) is 0 Å². The number of carbonyl (C=O) groups is 2.